The maximum atomic E-state index is 13.0. The van der Waals surface area contributed by atoms with E-state index in [1.807, 2.05) is 30.3 Å². The second kappa shape index (κ2) is 9.27. The fraction of sp³-hybridized carbons (Fsp3) is 0.200. The van der Waals surface area contributed by atoms with E-state index in [9.17, 15) is 14.0 Å². The van der Waals surface area contributed by atoms with Gasteiger partial charge in [-0.25, -0.2) is 4.39 Å². The number of hydrogen-bond acceptors (Lipinski definition) is 6. The zero-order chi connectivity index (χ0) is 19.9. The van der Waals surface area contributed by atoms with Gasteiger partial charge in [-0.15, -0.1) is 10.2 Å². The van der Waals surface area contributed by atoms with Gasteiger partial charge in [-0.3, -0.25) is 9.59 Å². The van der Waals surface area contributed by atoms with Gasteiger partial charge < -0.3 is 9.73 Å². The quantitative estimate of drug-likeness (QED) is 0.585. The number of carbonyl (C=O) groups is 2. The van der Waals surface area contributed by atoms with E-state index < -0.39 is 6.04 Å². The van der Waals surface area contributed by atoms with Gasteiger partial charge in [0, 0.05) is 5.56 Å². The summed E-state index contributed by atoms with van der Waals surface area (Å²) in [6, 6.07) is 14.6. The van der Waals surface area contributed by atoms with Crippen molar-refractivity contribution >= 4 is 23.5 Å². The number of halogens is 1. The van der Waals surface area contributed by atoms with E-state index in [4.69, 9.17) is 4.42 Å². The average Bonchev–Trinajstić information content (AvgIpc) is 3.16. The fourth-order valence-corrected chi connectivity index (χ4v) is 3.06. The molecule has 1 N–H and O–H groups in total. The van der Waals surface area contributed by atoms with Gasteiger partial charge in [-0.05, 0) is 43.2 Å². The van der Waals surface area contributed by atoms with Crippen LogP contribution in [0.4, 0.5) is 4.39 Å². The van der Waals surface area contributed by atoms with Crippen LogP contribution >= 0.6 is 11.8 Å². The van der Waals surface area contributed by atoms with Crippen LogP contribution in [0.2, 0.25) is 0 Å². The van der Waals surface area contributed by atoms with Gasteiger partial charge in [0.1, 0.15) is 5.82 Å². The summed E-state index contributed by atoms with van der Waals surface area (Å²) in [6.07, 6.45) is 0.432. The molecule has 0 fully saturated rings. The summed E-state index contributed by atoms with van der Waals surface area (Å²) < 4.78 is 18.5. The molecule has 0 radical (unpaired) electrons. The van der Waals surface area contributed by atoms with Crippen molar-refractivity contribution in [3.8, 4) is 11.5 Å². The third-order valence-electron chi connectivity index (χ3n) is 3.93. The van der Waals surface area contributed by atoms with E-state index in [1.165, 1.54) is 31.2 Å². The molecule has 1 amide bonds. The Hall–Kier alpha value is -3.00. The van der Waals surface area contributed by atoms with Gasteiger partial charge in [0.05, 0.1) is 11.8 Å². The Kier molecular flexibility index (Phi) is 6.54. The van der Waals surface area contributed by atoms with Gasteiger partial charge >= 0.3 is 0 Å². The lowest BCUT2D eigenvalue weighted by molar-refractivity contribution is -0.125. The number of nitrogens with zero attached hydrogens (tertiary/aromatic N) is 2. The minimum atomic E-state index is -0.590. The smallest absolute Gasteiger partial charge is 0.277 e. The van der Waals surface area contributed by atoms with Gasteiger partial charge in [-0.2, -0.15) is 0 Å². The molecule has 28 heavy (non-hydrogen) atoms. The Bertz CT molecular complexity index is 945. The van der Waals surface area contributed by atoms with Gasteiger partial charge in [0.2, 0.25) is 11.8 Å². The van der Waals surface area contributed by atoms with Crippen LogP contribution < -0.4 is 5.32 Å². The zero-order valence-corrected chi connectivity index (χ0v) is 15.9. The molecule has 1 aromatic heterocycles. The highest BCUT2D eigenvalue weighted by atomic mass is 32.2. The zero-order valence-electron chi connectivity index (χ0n) is 15.1. The van der Waals surface area contributed by atoms with Crippen molar-refractivity contribution in [2.45, 2.75) is 24.6 Å². The molecule has 0 unspecified atom stereocenters. The molecule has 0 spiro atoms. The maximum absolute atomic E-state index is 13.0. The molecule has 1 heterocycles. The summed E-state index contributed by atoms with van der Waals surface area (Å²) in [4.78, 5) is 24.1. The number of nitrogens with one attached hydrogen (secondary N) is 1. The molecule has 6 nitrogen and oxygen atoms in total. The Morgan fingerprint density at radius 1 is 1.11 bits per heavy atom. The average molecular weight is 399 g/mol. The number of thioether (sulfide) groups is 1. The van der Waals surface area contributed by atoms with Gasteiger partial charge in [-0.1, -0.05) is 42.1 Å². The first-order valence-electron chi connectivity index (χ1n) is 8.57. The second-order valence-electron chi connectivity index (χ2n) is 6.09. The summed E-state index contributed by atoms with van der Waals surface area (Å²) in [5.74, 6) is -0.496. The van der Waals surface area contributed by atoms with E-state index in [0.717, 1.165) is 17.3 Å². The van der Waals surface area contributed by atoms with E-state index >= 15 is 0 Å². The third kappa shape index (κ3) is 5.50. The van der Waals surface area contributed by atoms with Crippen LogP contribution in [-0.4, -0.2) is 33.7 Å². The van der Waals surface area contributed by atoms with Crippen molar-refractivity contribution in [1.29, 1.82) is 0 Å². The fourth-order valence-electron chi connectivity index (χ4n) is 2.49. The van der Waals surface area contributed by atoms with Crippen LogP contribution in [0.15, 0.2) is 64.2 Å². The monoisotopic (exact) mass is 399 g/mol. The van der Waals surface area contributed by atoms with Crippen molar-refractivity contribution in [3.05, 3.63) is 66.0 Å². The molecular weight excluding hydrogens is 381 g/mol. The molecule has 0 saturated heterocycles. The molecule has 0 aliphatic carbocycles. The molecular formula is C20H18FN3O3S. The van der Waals surface area contributed by atoms with E-state index in [2.05, 4.69) is 15.5 Å². The second-order valence-corrected chi connectivity index (χ2v) is 7.02. The number of carbonyl (C=O) groups excluding carboxylic acids is 2. The van der Waals surface area contributed by atoms with Crippen molar-refractivity contribution in [2.24, 2.45) is 0 Å². The number of amides is 1. The highest BCUT2D eigenvalue weighted by Gasteiger charge is 2.18. The molecule has 144 valence electrons. The predicted molar refractivity (Wildman–Crippen MR) is 103 cm³/mol. The molecule has 0 aliphatic heterocycles. The molecule has 0 aliphatic rings. The minimum Gasteiger partial charge on any atom is -0.411 e. The van der Waals surface area contributed by atoms with Crippen molar-refractivity contribution in [1.82, 2.24) is 15.5 Å². The number of aromatic nitrogens is 2. The van der Waals surface area contributed by atoms with Crippen LogP contribution in [0.25, 0.3) is 11.5 Å². The number of ketones is 1. The number of Topliss-reactive ketones (excluding diaryl/α,β-unsaturated/α-hetero) is 1. The number of hydrogen-bond donors (Lipinski definition) is 1. The third-order valence-corrected chi connectivity index (χ3v) is 4.75. The minimum absolute atomic E-state index is 0.0314. The molecule has 8 heteroatoms. The van der Waals surface area contributed by atoms with Gasteiger partial charge in [0.15, 0.2) is 5.78 Å². The summed E-state index contributed by atoms with van der Waals surface area (Å²) in [7, 11) is 0. The van der Waals surface area contributed by atoms with E-state index in [0.29, 0.717) is 12.0 Å². The van der Waals surface area contributed by atoms with Crippen LogP contribution in [0, 0.1) is 5.82 Å². The standard InChI is InChI=1S/C20H18FN3O3S/c1-13(25)17(11-14-5-3-2-4-6-14)22-18(26)12-28-20-24-23-19(27-20)15-7-9-16(21)10-8-15/h2-10,17H,11-12H2,1H3,(H,22,26)/t17-/m1/s1. The Morgan fingerprint density at radius 3 is 2.50 bits per heavy atom. The number of benzene rings is 2. The Balaban J connectivity index is 1.54. The maximum Gasteiger partial charge on any atom is 0.277 e. The van der Waals surface area contributed by atoms with Crippen LogP contribution in [-0.2, 0) is 16.0 Å². The van der Waals surface area contributed by atoms with Crippen molar-refractivity contribution in [3.63, 3.8) is 0 Å². The molecule has 0 saturated carbocycles. The van der Waals surface area contributed by atoms with E-state index in [-0.39, 0.29) is 34.4 Å². The highest BCUT2D eigenvalue weighted by Crippen LogP contribution is 2.23. The topological polar surface area (TPSA) is 85.1 Å². The lowest BCUT2D eigenvalue weighted by Crippen LogP contribution is -2.42. The Labute approximate surface area is 165 Å². The predicted octanol–water partition coefficient (Wildman–Crippen LogP) is 3.28. The molecule has 3 aromatic rings. The molecule has 2 aromatic carbocycles. The number of rotatable bonds is 8. The first-order valence-corrected chi connectivity index (χ1v) is 9.56. The first-order chi connectivity index (χ1) is 13.5. The molecule has 0 bridgehead atoms. The van der Waals surface area contributed by atoms with Crippen molar-refractivity contribution < 1.29 is 18.4 Å². The molecule has 1 atom stereocenters. The summed E-state index contributed by atoms with van der Waals surface area (Å²) in [6.45, 7) is 1.45. The van der Waals surface area contributed by atoms with Crippen LogP contribution in [0.3, 0.4) is 0 Å². The highest BCUT2D eigenvalue weighted by molar-refractivity contribution is 7.99. The lowest BCUT2D eigenvalue weighted by Gasteiger charge is -2.15. The van der Waals surface area contributed by atoms with Crippen molar-refractivity contribution in [2.75, 3.05) is 5.75 Å². The van der Waals surface area contributed by atoms with Crippen LogP contribution in [0.1, 0.15) is 12.5 Å². The molecule has 3 rings (SSSR count). The van der Waals surface area contributed by atoms with Gasteiger partial charge in [0.25, 0.3) is 5.22 Å². The lowest BCUT2D eigenvalue weighted by atomic mass is 10.0. The van der Waals surface area contributed by atoms with E-state index in [1.54, 1.807) is 0 Å². The summed E-state index contributed by atoms with van der Waals surface area (Å²) in [5, 5.41) is 10.7. The summed E-state index contributed by atoms with van der Waals surface area (Å²) >= 11 is 1.07. The normalized spacial score (nSPS) is 11.8. The SMILES string of the molecule is CC(=O)[C@@H](Cc1ccccc1)NC(=O)CSc1nnc(-c2ccc(F)cc2)o1. The largest absolute Gasteiger partial charge is 0.411 e. The van der Waals surface area contributed by atoms with Crippen LogP contribution in [0.5, 0.6) is 0 Å². The first kappa shape index (κ1) is 19.8. The summed E-state index contributed by atoms with van der Waals surface area (Å²) in [5.41, 5.74) is 1.56. The Morgan fingerprint density at radius 2 is 1.82 bits per heavy atom.